The molecular formula is C9H10N2O5. The number of nitrogens with two attached hydrogens (primary N) is 2. The molecule has 16 heavy (non-hydrogen) atoms. The van der Waals surface area contributed by atoms with E-state index >= 15 is 0 Å². The van der Waals surface area contributed by atoms with E-state index in [1.807, 2.05) is 0 Å². The van der Waals surface area contributed by atoms with Gasteiger partial charge in [0, 0.05) is 5.56 Å². The van der Waals surface area contributed by atoms with Gasteiger partial charge in [0.25, 0.3) is 0 Å². The van der Waals surface area contributed by atoms with Crippen molar-refractivity contribution in [1.82, 2.24) is 0 Å². The number of carbonyl (C=O) groups excluding carboxylic acids is 2. The van der Waals surface area contributed by atoms with Crippen molar-refractivity contribution in [3.8, 4) is 5.75 Å². The van der Waals surface area contributed by atoms with Crippen LogP contribution in [0.15, 0.2) is 24.3 Å². The van der Waals surface area contributed by atoms with Gasteiger partial charge in [0.15, 0.2) is 12.4 Å². The maximum Gasteiger partial charge on any atom is 0.248 e. The lowest BCUT2D eigenvalue weighted by atomic mass is 10.2. The van der Waals surface area contributed by atoms with Crippen LogP contribution in [-0.2, 0) is 14.7 Å². The molecule has 0 aromatic heterocycles. The third-order valence-electron chi connectivity index (χ3n) is 1.50. The summed E-state index contributed by atoms with van der Waals surface area (Å²) in [6.45, 7) is -0.435. The molecule has 0 fully saturated rings. The highest BCUT2D eigenvalue weighted by atomic mass is 17.5. The minimum absolute atomic E-state index is 0.209. The van der Waals surface area contributed by atoms with Gasteiger partial charge >= 0.3 is 0 Å². The zero-order valence-electron chi connectivity index (χ0n) is 8.21. The van der Waals surface area contributed by atoms with Crippen LogP contribution >= 0.6 is 0 Å². The van der Waals surface area contributed by atoms with E-state index in [1.54, 1.807) is 6.07 Å². The summed E-state index contributed by atoms with van der Waals surface area (Å²) in [6, 6.07) is 5.93. The minimum atomic E-state index is -0.700. The van der Waals surface area contributed by atoms with E-state index in [4.69, 9.17) is 11.5 Å². The van der Waals surface area contributed by atoms with Crippen LogP contribution in [-0.4, -0.2) is 18.4 Å². The average Bonchev–Trinajstić information content (AvgIpc) is 2.24. The van der Waals surface area contributed by atoms with E-state index in [0.29, 0.717) is 0 Å². The second kappa shape index (κ2) is 5.69. The molecule has 0 saturated heterocycles. The Hall–Kier alpha value is -2.12. The summed E-state index contributed by atoms with van der Waals surface area (Å²) in [5.74, 6) is -1.08. The summed E-state index contributed by atoms with van der Waals surface area (Å²) in [7, 11) is 0. The molecule has 86 valence electrons. The normalized spacial score (nSPS) is 9.75. The Balaban J connectivity index is 2.45. The highest BCUT2D eigenvalue weighted by Crippen LogP contribution is 2.13. The van der Waals surface area contributed by atoms with E-state index in [-0.39, 0.29) is 11.3 Å². The molecule has 4 N–H and O–H groups in total. The van der Waals surface area contributed by atoms with Gasteiger partial charge in [0.05, 0.1) is 0 Å². The molecule has 0 aliphatic carbocycles. The molecule has 0 bridgehead atoms. The fourth-order valence-electron chi connectivity index (χ4n) is 0.847. The lowest BCUT2D eigenvalue weighted by Crippen LogP contribution is -2.18. The average molecular weight is 226 g/mol. The predicted molar refractivity (Wildman–Crippen MR) is 51.8 cm³/mol. The minimum Gasteiger partial charge on any atom is -0.368 e. The lowest BCUT2D eigenvalue weighted by molar-refractivity contribution is -0.461. The quantitative estimate of drug-likeness (QED) is 0.386. The van der Waals surface area contributed by atoms with Crippen LogP contribution in [0.3, 0.4) is 0 Å². The number of benzene rings is 1. The first-order valence-corrected chi connectivity index (χ1v) is 4.24. The highest BCUT2D eigenvalue weighted by molar-refractivity contribution is 5.93. The SMILES string of the molecule is NC(=O)COOOc1cccc(C(N)=O)c1. The number of hydrogen-bond donors (Lipinski definition) is 2. The van der Waals surface area contributed by atoms with Crippen LogP contribution < -0.4 is 16.4 Å². The van der Waals surface area contributed by atoms with Crippen LogP contribution in [0.1, 0.15) is 10.4 Å². The topological polar surface area (TPSA) is 114 Å². The van der Waals surface area contributed by atoms with E-state index in [9.17, 15) is 9.59 Å². The molecule has 0 unspecified atom stereocenters. The number of amides is 2. The number of carbonyl (C=O) groups is 2. The van der Waals surface area contributed by atoms with Crippen molar-refractivity contribution in [2.75, 3.05) is 6.61 Å². The molecule has 0 heterocycles. The van der Waals surface area contributed by atoms with Crippen LogP contribution in [0.2, 0.25) is 0 Å². The fraction of sp³-hybridized carbons (Fsp3) is 0.111. The molecule has 0 saturated carbocycles. The zero-order valence-corrected chi connectivity index (χ0v) is 8.21. The van der Waals surface area contributed by atoms with E-state index in [2.05, 4.69) is 14.8 Å². The van der Waals surface area contributed by atoms with Gasteiger partial charge in [-0.05, 0) is 23.2 Å². The molecule has 7 nitrogen and oxygen atoms in total. The summed E-state index contributed by atoms with van der Waals surface area (Å²) in [6.07, 6.45) is 0. The first kappa shape index (κ1) is 12.0. The Morgan fingerprint density at radius 2 is 2.00 bits per heavy atom. The smallest absolute Gasteiger partial charge is 0.248 e. The molecular weight excluding hydrogens is 216 g/mol. The van der Waals surface area contributed by atoms with Gasteiger partial charge in [0.2, 0.25) is 11.8 Å². The monoisotopic (exact) mass is 226 g/mol. The maximum atomic E-state index is 10.8. The van der Waals surface area contributed by atoms with E-state index in [1.165, 1.54) is 18.2 Å². The molecule has 0 aliphatic rings. The first-order chi connectivity index (χ1) is 7.59. The summed E-state index contributed by atoms with van der Waals surface area (Å²) >= 11 is 0. The Labute approximate surface area is 90.7 Å². The van der Waals surface area contributed by atoms with Gasteiger partial charge in [-0.2, -0.15) is 4.89 Å². The molecule has 1 rings (SSSR count). The summed E-state index contributed by atoms with van der Waals surface area (Å²) in [5, 5.41) is 4.21. The third kappa shape index (κ3) is 3.95. The van der Waals surface area contributed by atoms with Crippen molar-refractivity contribution in [2.24, 2.45) is 11.5 Å². The van der Waals surface area contributed by atoms with Gasteiger partial charge in [-0.25, -0.2) is 0 Å². The van der Waals surface area contributed by atoms with Crippen molar-refractivity contribution in [3.63, 3.8) is 0 Å². The molecule has 2 amide bonds. The maximum absolute atomic E-state index is 10.8. The lowest BCUT2D eigenvalue weighted by Gasteiger charge is -2.03. The van der Waals surface area contributed by atoms with Crippen LogP contribution in [0.25, 0.3) is 0 Å². The Kier molecular flexibility index (Phi) is 4.25. The number of hydrogen-bond acceptors (Lipinski definition) is 5. The van der Waals surface area contributed by atoms with Gasteiger partial charge in [0.1, 0.15) is 0 Å². The second-order valence-electron chi connectivity index (χ2n) is 2.77. The number of primary amides is 2. The standard InChI is InChI=1S/C9H10N2O5/c10-8(12)5-14-16-15-7-3-1-2-6(4-7)9(11)13/h1-4H,5H2,(H2,10,12)(H2,11,13). The molecule has 0 radical (unpaired) electrons. The van der Waals surface area contributed by atoms with Crippen molar-refractivity contribution in [1.29, 1.82) is 0 Å². The summed E-state index contributed by atoms with van der Waals surface area (Å²) in [5.41, 5.74) is 10.1. The van der Waals surface area contributed by atoms with Gasteiger partial charge in [-0.15, -0.1) is 0 Å². The second-order valence-corrected chi connectivity index (χ2v) is 2.77. The van der Waals surface area contributed by atoms with Gasteiger partial charge in [-0.3, -0.25) is 9.59 Å². The molecule has 1 aromatic rings. The Morgan fingerprint density at radius 1 is 1.25 bits per heavy atom. The van der Waals surface area contributed by atoms with Crippen molar-refractivity contribution in [3.05, 3.63) is 29.8 Å². The van der Waals surface area contributed by atoms with Crippen LogP contribution in [0, 0.1) is 0 Å². The van der Waals surface area contributed by atoms with E-state index < -0.39 is 18.4 Å². The highest BCUT2D eigenvalue weighted by Gasteiger charge is 2.03. The fourth-order valence-corrected chi connectivity index (χ4v) is 0.847. The Bertz CT molecular complexity index is 393. The predicted octanol–water partition coefficient (Wildman–Crippen LogP) is -0.487. The zero-order chi connectivity index (χ0) is 12.0. The number of rotatable bonds is 6. The van der Waals surface area contributed by atoms with E-state index in [0.717, 1.165) is 0 Å². The largest absolute Gasteiger partial charge is 0.368 e. The van der Waals surface area contributed by atoms with Gasteiger partial charge in [-0.1, -0.05) is 6.07 Å². The molecule has 7 heteroatoms. The first-order valence-electron chi connectivity index (χ1n) is 4.24. The molecule has 0 aliphatic heterocycles. The molecule has 1 aromatic carbocycles. The van der Waals surface area contributed by atoms with Crippen LogP contribution in [0.5, 0.6) is 5.75 Å². The van der Waals surface area contributed by atoms with Crippen molar-refractivity contribution >= 4 is 11.8 Å². The third-order valence-corrected chi connectivity index (χ3v) is 1.50. The Morgan fingerprint density at radius 3 is 2.62 bits per heavy atom. The van der Waals surface area contributed by atoms with Crippen LogP contribution in [0.4, 0.5) is 0 Å². The van der Waals surface area contributed by atoms with Crippen molar-refractivity contribution < 1.29 is 24.4 Å². The molecule has 0 spiro atoms. The summed E-state index contributed by atoms with van der Waals surface area (Å²) in [4.78, 5) is 30.0. The molecule has 0 atom stereocenters. The van der Waals surface area contributed by atoms with Crippen molar-refractivity contribution in [2.45, 2.75) is 0 Å². The summed E-state index contributed by atoms with van der Waals surface area (Å²) < 4.78 is 0. The van der Waals surface area contributed by atoms with Gasteiger partial charge < -0.3 is 16.4 Å².